The Labute approximate surface area is 96.4 Å². The van der Waals surface area contributed by atoms with Crippen molar-refractivity contribution in [3.05, 3.63) is 0 Å². The highest BCUT2D eigenvalue weighted by molar-refractivity contribution is 5.68. The predicted octanol–water partition coefficient (Wildman–Crippen LogP) is 1.72. The second-order valence-corrected chi connectivity index (χ2v) is 6.25. The van der Waals surface area contributed by atoms with Crippen molar-refractivity contribution >= 4 is 5.97 Å². The van der Waals surface area contributed by atoms with Crippen molar-refractivity contribution in [2.45, 2.75) is 32.6 Å². The molecular formula is C13H21NO2. The maximum Gasteiger partial charge on any atom is 0.303 e. The first-order valence-corrected chi connectivity index (χ1v) is 6.52. The molecule has 3 aliphatic rings. The lowest BCUT2D eigenvalue weighted by Gasteiger charge is -2.57. The van der Waals surface area contributed by atoms with Gasteiger partial charge in [-0.05, 0) is 60.8 Å². The van der Waals surface area contributed by atoms with Gasteiger partial charge in [0.05, 0.1) is 6.42 Å². The van der Waals surface area contributed by atoms with E-state index in [0.717, 1.165) is 17.8 Å². The zero-order valence-corrected chi connectivity index (χ0v) is 9.86. The van der Waals surface area contributed by atoms with Gasteiger partial charge in [0.2, 0.25) is 0 Å². The van der Waals surface area contributed by atoms with Crippen molar-refractivity contribution in [2.75, 3.05) is 6.54 Å². The van der Waals surface area contributed by atoms with Gasteiger partial charge in [-0.3, -0.25) is 4.79 Å². The molecule has 0 spiro atoms. The third kappa shape index (κ3) is 1.05. The topological polar surface area (TPSA) is 63.3 Å². The molecule has 0 aliphatic heterocycles. The van der Waals surface area contributed by atoms with Crippen LogP contribution in [0.5, 0.6) is 0 Å². The third-order valence-electron chi connectivity index (χ3n) is 5.93. The Balaban J connectivity index is 1.89. The molecule has 3 N–H and O–H groups in total. The van der Waals surface area contributed by atoms with Gasteiger partial charge in [-0.15, -0.1) is 0 Å². The van der Waals surface area contributed by atoms with Crippen molar-refractivity contribution < 1.29 is 9.90 Å². The summed E-state index contributed by atoms with van der Waals surface area (Å²) in [5.41, 5.74) is 5.89. The standard InChI is InChI=1S/C13H21NO2/c1-7-4-10-12-8(7)2-3-9(12)13(10,6-14)5-11(15)16/h7-10,12H,2-6,14H2,1H3,(H,15,16)/t7?,8?,9-,10+,12+,13-/m0/s1. The number of hydrogen-bond acceptors (Lipinski definition) is 2. The van der Waals surface area contributed by atoms with Gasteiger partial charge in [0, 0.05) is 0 Å². The van der Waals surface area contributed by atoms with Gasteiger partial charge >= 0.3 is 5.97 Å². The molecule has 16 heavy (non-hydrogen) atoms. The summed E-state index contributed by atoms with van der Waals surface area (Å²) in [6, 6.07) is 0. The quantitative estimate of drug-likeness (QED) is 0.765. The fourth-order valence-electron chi connectivity index (χ4n) is 5.39. The Hall–Kier alpha value is -0.570. The molecule has 2 unspecified atom stereocenters. The maximum absolute atomic E-state index is 11.1. The molecule has 0 bridgehead atoms. The molecule has 3 nitrogen and oxygen atoms in total. The van der Waals surface area contributed by atoms with Crippen LogP contribution in [0.15, 0.2) is 0 Å². The maximum atomic E-state index is 11.1. The number of carboxylic acids is 1. The Kier molecular flexibility index (Phi) is 2.13. The molecule has 0 aromatic carbocycles. The van der Waals surface area contributed by atoms with Gasteiger partial charge in [-0.1, -0.05) is 6.92 Å². The molecule has 0 radical (unpaired) electrons. The number of carboxylic acid groups (broad SMARTS) is 1. The van der Waals surface area contributed by atoms with Crippen LogP contribution < -0.4 is 5.73 Å². The molecule has 6 atom stereocenters. The first-order valence-electron chi connectivity index (χ1n) is 6.52. The van der Waals surface area contributed by atoms with E-state index in [9.17, 15) is 4.79 Å². The molecule has 90 valence electrons. The molecular weight excluding hydrogens is 202 g/mol. The molecule has 3 aliphatic carbocycles. The molecule has 0 amide bonds. The minimum absolute atomic E-state index is 0.0456. The van der Waals surface area contributed by atoms with Crippen molar-refractivity contribution in [2.24, 2.45) is 40.7 Å². The monoisotopic (exact) mass is 223 g/mol. The van der Waals surface area contributed by atoms with Crippen molar-refractivity contribution in [1.29, 1.82) is 0 Å². The van der Waals surface area contributed by atoms with E-state index >= 15 is 0 Å². The average Bonchev–Trinajstić information content (AvgIpc) is 2.73. The summed E-state index contributed by atoms with van der Waals surface area (Å²) >= 11 is 0. The molecule has 3 heteroatoms. The fraction of sp³-hybridized carbons (Fsp3) is 0.923. The van der Waals surface area contributed by atoms with Crippen LogP contribution in [0.4, 0.5) is 0 Å². The van der Waals surface area contributed by atoms with Gasteiger partial charge in [0.15, 0.2) is 0 Å². The van der Waals surface area contributed by atoms with Gasteiger partial charge in [0.25, 0.3) is 0 Å². The Morgan fingerprint density at radius 2 is 2.19 bits per heavy atom. The molecule has 3 rings (SSSR count). The summed E-state index contributed by atoms with van der Waals surface area (Å²) in [5.74, 6) is 3.06. The summed E-state index contributed by atoms with van der Waals surface area (Å²) in [5, 5.41) is 9.10. The minimum Gasteiger partial charge on any atom is -0.481 e. The van der Waals surface area contributed by atoms with Gasteiger partial charge in [0.1, 0.15) is 0 Å². The van der Waals surface area contributed by atoms with E-state index in [-0.39, 0.29) is 5.41 Å². The van der Waals surface area contributed by atoms with Crippen molar-refractivity contribution in [1.82, 2.24) is 0 Å². The highest BCUT2D eigenvalue weighted by Crippen LogP contribution is 2.72. The predicted molar refractivity (Wildman–Crippen MR) is 60.7 cm³/mol. The summed E-state index contributed by atoms with van der Waals surface area (Å²) in [7, 11) is 0. The van der Waals surface area contributed by atoms with E-state index in [0.29, 0.717) is 24.8 Å². The van der Waals surface area contributed by atoms with E-state index in [1.54, 1.807) is 0 Å². The van der Waals surface area contributed by atoms with E-state index in [2.05, 4.69) is 6.92 Å². The summed E-state index contributed by atoms with van der Waals surface area (Å²) in [6.07, 6.45) is 4.06. The van der Waals surface area contributed by atoms with Crippen LogP contribution in [0.3, 0.4) is 0 Å². The van der Waals surface area contributed by atoms with Crippen LogP contribution >= 0.6 is 0 Å². The highest BCUT2D eigenvalue weighted by atomic mass is 16.4. The van der Waals surface area contributed by atoms with Crippen LogP contribution in [0, 0.1) is 35.0 Å². The van der Waals surface area contributed by atoms with E-state index < -0.39 is 5.97 Å². The molecule has 0 heterocycles. The Morgan fingerprint density at radius 3 is 2.81 bits per heavy atom. The molecule has 0 aromatic rings. The smallest absolute Gasteiger partial charge is 0.303 e. The summed E-state index contributed by atoms with van der Waals surface area (Å²) < 4.78 is 0. The van der Waals surface area contributed by atoms with E-state index in [1.165, 1.54) is 19.3 Å². The van der Waals surface area contributed by atoms with Gasteiger partial charge in [-0.2, -0.15) is 0 Å². The summed E-state index contributed by atoms with van der Waals surface area (Å²) in [4.78, 5) is 11.1. The zero-order valence-electron chi connectivity index (χ0n) is 9.86. The number of rotatable bonds is 3. The lowest BCUT2D eigenvalue weighted by Crippen LogP contribution is -2.58. The number of aliphatic carboxylic acids is 1. The first kappa shape index (κ1) is 10.6. The van der Waals surface area contributed by atoms with Crippen molar-refractivity contribution in [3.8, 4) is 0 Å². The lowest BCUT2D eigenvalue weighted by atomic mass is 9.47. The Morgan fingerprint density at radius 1 is 1.44 bits per heavy atom. The molecule has 0 saturated heterocycles. The second kappa shape index (κ2) is 3.22. The average molecular weight is 223 g/mol. The largest absolute Gasteiger partial charge is 0.481 e. The van der Waals surface area contributed by atoms with Crippen LogP contribution in [-0.2, 0) is 4.79 Å². The number of nitrogens with two attached hydrogens (primary N) is 1. The summed E-state index contributed by atoms with van der Waals surface area (Å²) in [6.45, 7) is 2.91. The Bertz CT molecular complexity index is 330. The second-order valence-electron chi connectivity index (χ2n) is 6.25. The van der Waals surface area contributed by atoms with E-state index in [4.69, 9.17) is 10.8 Å². The fourth-order valence-corrected chi connectivity index (χ4v) is 5.39. The first-order chi connectivity index (χ1) is 7.60. The van der Waals surface area contributed by atoms with Crippen LogP contribution in [-0.4, -0.2) is 17.6 Å². The minimum atomic E-state index is -0.660. The lowest BCUT2D eigenvalue weighted by molar-refractivity contribution is -0.153. The molecule has 0 aromatic heterocycles. The van der Waals surface area contributed by atoms with Crippen LogP contribution in [0.2, 0.25) is 0 Å². The zero-order chi connectivity index (χ0) is 11.5. The normalized spacial score (nSPS) is 53.5. The number of carbonyl (C=O) groups is 1. The molecule has 3 saturated carbocycles. The van der Waals surface area contributed by atoms with Gasteiger partial charge in [-0.25, -0.2) is 0 Å². The molecule has 3 fully saturated rings. The highest BCUT2D eigenvalue weighted by Gasteiger charge is 2.68. The third-order valence-corrected chi connectivity index (χ3v) is 5.93. The van der Waals surface area contributed by atoms with Crippen LogP contribution in [0.1, 0.15) is 32.6 Å². The SMILES string of the molecule is CC1C[C@@H]2[C@@H]3C1CC[C@@H]3[C@@]2(CN)CC(=O)O. The van der Waals surface area contributed by atoms with E-state index in [1.807, 2.05) is 0 Å². The van der Waals surface area contributed by atoms with Crippen LogP contribution in [0.25, 0.3) is 0 Å². The van der Waals surface area contributed by atoms with Gasteiger partial charge < -0.3 is 10.8 Å². The number of hydrogen-bond donors (Lipinski definition) is 2. The van der Waals surface area contributed by atoms with Crippen molar-refractivity contribution in [3.63, 3.8) is 0 Å².